The summed E-state index contributed by atoms with van der Waals surface area (Å²) in [4.78, 5) is 79.3. The van der Waals surface area contributed by atoms with E-state index in [2.05, 4.69) is 24.1 Å². The maximum absolute atomic E-state index is 15.0. The number of piperidine rings is 1. The van der Waals surface area contributed by atoms with E-state index in [0.717, 1.165) is 6.54 Å². The number of allylic oxidation sites excluding steroid dienone is 4. The molecule has 9 atom stereocenters. The Bertz CT molecular complexity index is 2250. The Hall–Kier alpha value is -5.16. The highest BCUT2D eigenvalue weighted by Crippen LogP contribution is 2.52. The molecule has 0 aromatic heterocycles. The second-order valence-corrected chi connectivity index (χ2v) is 18.7. The Morgan fingerprint density at radius 2 is 1.62 bits per heavy atom. The van der Waals surface area contributed by atoms with Gasteiger partial charge in [-0.05, 0) is 25.8 Å². The fourth-order valence-corrected chi connectivity index (χ4v) is 9.88. The number of nitrogens with zero attached hydrogens (tertiary/aromatic N) is 3. The van der Waals surface area contributed by atoms with E-state index in [1.165, 1.54) is 65.0 Å². The minimum Gasteiger partial charge on any atom is -0.507 e. The zero-order valence-corrected chi connectivity index (χ0v) is 39.0. The van der Waals surface area contributed by atoms with Crippen molar-refractivity contribution in [3.05, 3.63) is 69.8 Å². The van der Waals surface area contributed by atoms with Crippen molar-refractivity contribution in [3.63, 3.8) is 0 Å². The highest BCUT2D eigenvalue weighted by molar-refractivity contribution is 6.35. The van der Waals surface area contributed by atoms with Crippen molar-refractivity contribution < 1.29 is 58.2 Å². The summed E-state index contributed by atoms with van der Waals surface area (Å²) in [5, 5.41) is 37.7. The monoisotopic (exact) mass is 888 g/mol. The smallest absolute Gasteiger partial charge is 0.312 e. The molecule has 1 aromatic rings. The van der Waals surface area contributed by atoms with E-state index in [-0.39, 0.29) is 50.7 Å². The SMILES string of the molecule is COC1/C=C/OC2(C)Oc3c(C)c(O)c4c(c3C2=O)C2=NC3(CCN(CC(C)C)CC3)N(C(C)=O)C2=C(NC(=O)/C(C)=C\C=C\C(C)C(O)C(C)C(O)C(C)C(OC(C)=O)C1C)C4=O. The minimum absolute atomic E-state index is 0.0129. The lowest BCUT2D eigenvalue weighted by Gasteiger charge is -2.43. The summed E-state index contributed by atoms with van der Waals surface area (Å²) in [6.07, 6.45) is 4.37. The number of nitrogens with one attached hydrogen (secondary N) is 1. The topological polar surface area (TPSA) is 214 Å². The quantitative estimate of drug-likeness (QED) is 0.298. The summed E-state index contributed by atoms with van der Waals surface area (Å²) in [7, 11) is 1.45. The number of hydrogen-bond acceptors (Lipinski definition) is 14. The number of benzene rings is 1. The Balaban J connectivity index is 1.55. The first-order valence-electron chi connectivity index (χ1n) is 22.1. The lowest BCUT2D eigenvalue weighted by molar-refractivity contribution is -0.160. The Labute approximate surface area is 375 Å². The van der Waals surface area contributed by atoms with E-state index in [9.17, 15) is 39.3 Å². The van der Waals surface area contributed by atoms with Gasteiger partial charge in [-0.2, -0.15) is 0 Å². The number of Topliss-reactive ketones (excluding diaryl/α,β-unsaturated/α-hetero) is 2. The molecule has 0 radical (unpaired) electrons. The van der Waals surface area contributed by atoms with Gasteiger partial charge in [-0.1, -0.05) is 59.8 Å². The van der Waals surface area contributed by atoms with Gasteiger partial charge in [0.15, 0.2) is 0 Å². The number of amides is 2. The number of aromatic hydroxyl groups is 1. The molecule has 0 saturated carbocycles. The summed E-state index contributed by atoms with van der Waals surface area (Å²) in [6.45, 7) is 20.2. The molecule has 9 unspecified atom stereocenters. The predicted octanol–water partition coefficient (Wildman–Crippen LogP) is 4.87. The number of fused-ring (bicyclic) bond motifs is 3. The minimum atomic E-state index is -2.04. The molecular formula is C48H64N4O12. The first-order valence-corrected chi connectivity index (χ1v) is 22.1. The molecule has 2 amide bonds. The van der Waals surface area contributed by atoms with Crippen LogP contribution in [0.1, 0.15) is 114 Å². The second kappa shape index (κ2) is 18.4. The summed E-state index contributed by atoms with van der Waals surface area (Å²) < 4.78 is 24.0. The van der Waals surface area contributed by atoms with Crippen LogP contribution in [-0.2, 0) is 28.6 Å². The van der Waals surface area contributed by atoms with Gasteiger partial charge in [0, 0.05) is 101 Å². The Morgan fingerprint density at radius 3 is 2.22 bits per heavy atom. The highest BCUT2D eigenvalue weighted by atomic mass is 16.7. The van der Waals surface area contributed by atoms with Crippen LogP contribution >= 0.6 is 0 Å². The van der Waals surface area contributed by atoms with Crippen LogP contribution in [0.25, 0.3) is 0 Å². The maximum atomic E-state index is 15.0. The lowest BCUT2D eigenvalue weighted by Crippen LogP contribution is -2.54. The summed E-state index contributed by atoms with van der Waals surface area (Å²) in [5.41, 5.74) is -1.54. The predicted molar refractivity (Wildman–Crippen MR) is 236 cm³/mol. The zero-order valence-electron chi connectivity index (χ0n) is 39.0. The van der Waals surface area contributed by atoms with Gasteiger partial charge in [0.2, 0.25) is 11.7 Å². The molecule has 64 heavy (non-hydrogen) atoms. The van der Waals surface area contributed by atoms with Crippen molar-refractivity contribution >= 4 is 35.1 Å². The van der Waals surface area contributed by atoms with E-state index in [0.29, 0.717) is 31.8 Å². The standard InChI is InChI=1S/C48H64N4O12/c1-23(2)22-51-19-17-48(18-20-51)50-36-33-34-41(57)29(8)44-35(33)45(59)47(11,64-44)62-21-16-32(61-12)26(5)43(63-31(10)54)28(7)40(56)27(6)39(55)24(3)14-13-15-25(4)46(60)49-37(42(34)58)38(36)52(48)30(9)53/h13-16,21,23-24,26-28,32,39-40,43,55-57H,17-20,22H2,1-12H3,(H,49,60)/b14-13+,21-16+,25-15-. The summed E-state index contributed by atoms with van der Waals surface area (Å²) >= 11 is 0. The number of carbonyl (C=O) groups is 5. The van der Waals surface area contributed by atoms with E-state index >= 15 is 0 Å². The molecule has 1 saturated heterocycles. The van der Waals surface area contributed by atoms with Crippen LogP contribution in [0, 0.1) is 36.5 Å². The number of esters is 1. The molecule has 1 aromatic carbocycles. The molecule has 1 fully saturated rings. The molecule has 1 aliphatic carbocycles. The van der Waals surface area contributed by atoms with E-state index < -0.39 is 94.6 Å². The van der Waals surface area contributed by atoms with Crippen LogP contribution < -0.4 is 10.1 Å². The number of phenolic OH excluding ortho intramolecular Hbond substituents is 1. The highest BCUT2D eigenvalue weighted by Gasteiger charge is 2.57. The Kier molecular flexibility index (Phi) is 13.9. The number of phenols is 1. The zero-order chi connectivity index (χ0) is 47.3. The van der Waals surface area contributed by atoms with Crippen molar-refractivity contribution in [3.8, 4) is 11.5 Å². The molecule has 348 valence electrons. The van der Waals surface area contributed by atoms with Gasteiger partial charge in [-0.3, -0.25) is 33.9 Å². The van der Waals surface area contributed by atoms with Crippen LogP contribution in [0.4, 0.5) is 0 Å². The molecule has 5 aliphatic rings. The summed E-state index contributed by atoms with van der Waals surface area (Å²) in [5.74, 6) is -7.96. The molecule has 1 spiro atoms. The molecular weight excluding hydrogens is 825 g/mol. The third-order valence-corrected chi connectivity index (χ3v) is 13.5. The second-order valence-electron chi connectivity index (χ2n) is 18.7. The van der Waals surface area contributed by atoms with Gasteiger partial charge in [-0.25, -0.2) is 0 Å². The van der Waals surface area contributed by atoms with Gasteiger partial charge in [0.25, 0.3) is 11.7 Å². The molecule has 5 bridgehead atoms. The van der Waals surface area contributed by atoms with Crippen LogP contribution in [-0.4, -0.2) is 123 Å². The van der Waals surface area contributed by atoms with Crippen molar-refractivity contribution in [2.45, 2.75) is 125 Å². The van der Waals surface area contributed by atoms with Gasteiger partial charge >= 0.3 is 11.8 Å². The fourth-order valence-electron chi connectivity index (χ4n) is 9.88. The molecule has 16 nitrogen and oxygen atoms in total. The van der Waals surface area contributed by atoms with Crippen molar-refractivity contribution in [2.24, 2.45) is 34.6 Å². The van der Waals surface area contributed by atoms with Gasteiger partial charge in [0.1, 0.15) is 29.0 Å². The van der Waals surface area contributed by atoms with E-state index in [4.69, 9.17) is 23.9 Å². The number of aliphatic hydroxyl groups excluding tert-OH is 2. The molecule has 4 aliphatic heterocycles. The number of aliphatic hydroxyl groups is 2. The lowest BCUT2D eigenvalue weighted by atomic mass is 9.78. The van der Waals surface area contributed by atoms with E-state index in [1.54, 1.807) is 39.8 Å². The average molecular weight is 889 g/mol. The number of likely N-dealkylation sites (tertiary alicyclic amines) is 1. The van der Waals surface area contributed by atoms with Crippen molar-refractivity contribution in [2.75, 3.05) is 26.7 Å². The van der Waals surface area contributed by atoms with Crippen LogP contribution in [0.3, 0.4) is 0 Å². The number of ketones is 2. The van der Waals surface area contributed by atoms with Gasteiger partial charge in [-0.15, -0.1) is 0 Å². The van der Waals surface area contributed by atoms with Gasteiger partial charge < -0.3 is 44.5 Å². The van der Waals surface area contributed by atoms with E-state index in [1.807, 2.05) is 0 Å². The normalized spacial score (nSPS) is 32.9. The molecule has 16 heteroatoms. The first kappa shape index (κ1) is 48.3. The summed E-state index contributed by atoms with van der Waals surface area (Å²) in [6, 6.07) is 0. The van der Waals surface area contributed by atoms with Crippen LogP contribution in [0.15, 0.2) is 52.5 Å². The average Bonchev–Trinajstić information content (AvgIpc) is 3.71. The van der Waals surface area contributed by atoms with Crippen molar-refractivity contribution in [1.29, 1.82) is 0 Å². The maximum Gasteiger partial charge on any atom is 0.312 e. The number of carbonyl (C=O) groups excluding carboxylic acids is 5. The largest absolute Gasteiger partial charge is 0.507 e. The van der Waals surface area contributed by atoms with Crippen molar-refractivity contribution in [1.82, 2.24) is 15.1 Å². The molecule has 4 heterocycles. The third kappa shape index (κ3) is 8.57. The Morgan fingerprint density at radius 1 is 0.969 bits per heavy atom. The number of methoxy groups -OCH3 is 1. The van der Waals surface area contributed by atoms with Crippen LogP contribution in [0.2, 0.25) is 0 Å². The number of ether oxygens (including phenoxy) is 4. The van der Waals surface area contributed by atoms with Crippen LogP contribution in [0.5, 0.6) is 11.5 Å². The number of rotatable bonds is 4. The third-order valence-electron chi connectivity index (χ3n) is 13.5. The molecule has 4 N–H and O–H groups in total. The van der Waals surface area contributed by atoms with Gasteiger partial charge in [0.05, 0.1) is 47.1 Å². The number of aliphatic imine (C=N–C) groups is 1. The molecule has 6 rings (SSSR count). The first-order chi connectivity index (χ1) is 30.0. The number of hydrogen-bond donors (Lipinski definition) is 4. The fraction of sp³-hybridized carbons (Fsp3) is 0.583.